The first kappa shape index (κ1) is 11.0. The average molecular weight is 238 g/mol. The number of hydrogen-bond acceptors (Lipinski definition) is 1. The van der Waals surface area contributed by atoms with Crippen LogP contribution in [0.2, 0.25) is 5.02 Å². The van der Waals surface area contributed by atoms with E-state index in [1.165, 1.54) is 6.07 Å². The molecule has 1 heterocycles. The quantitative estimate of drug-likeness (QED) is 0.838. The van der Waals surface area contributed by atoms with Crippen LogP contribution in [0.15, 0.2) is 18.2 Å². The molecule has 3 nitrogen and oxygen atoms in total. The van der Waals surface area contributed by atoms with Crippen LogP contribution in [0, 0.1) is 0 Å². The summed E-state index contributed by atoms with van der Waals surface area (Å²) in [6.07, 6.45) is 0. The molecule has 84 valence electrons. The van der Waals surface area contributed by atoms with Crippen LogP contribution in [0.1, 0.15) is 35.8 Å². The zero-order chi connectivity index (χ0) is 11.9. The van der Waals surface area contributed by atoms with Gasteiger partial charge in [-0.2, -0.15) is 0 Å². The molecule has 0 saturated heterocycles. The Labute approximate surface area is 98.0 Å². The van der Waals surface area contributed by atoms with E-state index in [-0.39, 0.29) is 5.56 Å². The lowest BCUT2D eigenvalue weighted by molar-refractivity contribution is 0.0697. The minimum atomic E-state index is -0.962. The number of fused-ring (bicyclic) bond motifs is 1. The standard InChI is InChI=1S/C12H12ClNO2/c1-6(2)10-5-7-3-8(12(15)16)4-9(13)11(7)14-10/h3-6,14H,1-2H3,(H,15,16). The molecule has 0 aliphatic carbocycles. The van der Waals surface area contributed by atoms with Crippen molar-refractivity contribution in [1.82, 2.24) is 4.98 Å². The second-order valence-electron chi connectivity index (χ2n) is 4.11. The van der Waals surface area contributed by atoms with Crippen molar-refractivity contribution in [2.24, 2.45) is 0 Å². The minimum Gasteiger partial charge on any atom is -0.478 e. The second-order valence-corrected chi connectivity index (χ2v) is 4.51. The van der Waals surface area contributed by atoms with Gasteiger partial charge in [0.1, 0.15) is 0 Å². The summed E-state index contributed by atoms with van der Waals surface area (Å²) >= 11 is 6.03. The normalized spacial score (nSPS) is 11.2. The summed E-state index contributed by atoms with van der Waals surface area (Å²) in [6, 6.07) is 5.04. The predicted molar refractivity (Wildman–Crippen MR) is 64.4 cm³/mol. The van der Waals surface area contributed by atoms with Gasteiger partial charge in [0, 0.05) is 11.1 Å². The summed E-state index contributed by atoms with van der Waals surface area (Å²) in [6.45, 7) is 4.13. The van der Waals surface area contributed by atoms with E-state index < -0.39 is 5.97 Å². The summed E-state index contributed by atoms with van der Waals surface area (Å²) in [5, 5.41) is 10.2. The third-order valence-electron chi connectivity index (χ3n) is 2.57. The first-order valence-corrected chi connectivity index (χ1v) is 5.42. The van der Waals surface area contributed by atoms with Gasteiger partial charge in [0.25, 0.3) is 0 Å². The zero-order valence-corrected chi connectivity index (χ0v) is 9.80. The fraction of sp³-hybridized carbons (Fsp3) is 0.250. The Kier molecular flexibility index (Phi) is 2.64. The van der Waals surface area contributed by atoms with Crippen molar-refractivity contribution in [2.75, 3.05) is 0 Å². The van der Waals surface area contributed by atoms with Crippen molar-refractivity contribution < 1.29 is 9.90 Å². The molecule has 4 heteroatoms. The number of carbonyl (C=O) groups is 1. The number of carboxylic acids is 1. The largest absolute Gasteiger partial charge is 0.478 e. The molecule has 0 aliphatic rings. The van der Waals surface area contributed by atoms with E-state index in [1.807, 2.05) is 6.07 Å². The molecule has 0 radical (unpaired) electrons. The molecule has 0 unspecified atom stereocenters. The average Bonchev–Trinajstić information content (AvgIpc) is 2.61. The van der Waals surface area contributed by atoms with Gasteiger partial charge < -0.3 is 10.1 Å². The van der Waals surface area contributed by atoms with Crippen LogP contribution in [0.25, 0.3) is 10.9 Å². The van der Waals surface area contributed by atoms with E-state index in [4.69, 9.17) is 16.7 Å². The van der Waals surface area contributed by atoms with Crippen LogP contribution < -0.4 is 0 Å². The number of benzene rings is 1. The molecule has 0 atom stereocenters. The molecular formula is C12H12ClNO2. The lowest BCUT2D eigenvalue weighted by atomic mass is 10.1. The van der Waals surface area contributed by atoms with Crippen molar-refractivity contribution >= 4 is 28.5 Å². The predicted octanol–water partition coefficient (Wildman–Crippen LogP) is 3.64. The Bertz CT molecular complexity index is 557. The Hall–Kier alpha value is -1.48. The van der Waals surface area contributed by atoms with Crippen molar-refractivity contribution in [3.05, 3.63) is 34.5 Å². The van der Waals surface area contributed by atoms with E-state index >= 15 is 0 Å². The first-order valence-electron chi connectivity index (χ1n) is 5.04. The van der Waals surface area contributed by atoms with Crippen LogP contribution >= 0.6 is 11.6 Å². The van der Waals surface area contributed by atoms with Gasteiger partial charge in [-0.3, -0.25) is 0 Å². The number of hydrogen-bond donors (Lipinski definition) is 2. The Morgan fingerprint density at radius 1 is 1.38 bits per heavy atom. The molecule has 0 saturated carbocycles. The highest BCUT2D eigenvalue weighted by molar-refractivity contribution is 6.35. The van der Waals surface area contributed by atoms with Gasteiger partial charge in [-0.15, -0.1) is 0 Å². The number of carboxylic acid groups (broad SMARTS) is 1. The monoisotopic (exact) mass is 237 g/mol. The summed E-state index contributed by atoms with van der Waals surface area (Å²) in [5.41, 5.74) is 2.07. The molecule has 0 aliphatic heterocycles. The molecule has 1 aromatic carbocycles. The maximum atomic E-state index is 10.9. The molecule has 0 amide bonds. The number of H-pyrrole nitrogens is 1. The molecule has 2 aromatic rings. The van der Waals surface area contributed by atoms with Gasteiger partial charge in [0.15, 0.2) is 0 Å². The van der Waals surface area contributed by atoms with E-state index in [1.54, 1.807) is 6.07 Å². The van der Waals surface area contributed by atoms with Gasteiger partial charge in [-0.1, -0.05) is 25.4 Å². The third kappa shape index (κ3) is 1.78. The molecule has 16 heavy (non-hydrogen) atoms. The Morgan fingerprint density at radius 2 is 2.06 bits per heavy atom. The lowest BCUT2D eigenvalue weighted by Gasteiger charge is -1.99. The molecule has 1 aromatic heterocycles. The first-order chi connectivity index (χ1) is 7.49. The summed E-state index contributed by atoms with van der Waals surface area (Å²) in [5.74, 6) is -0.604. The molecule has 0 bridgehead atoms. The van der Waals surface area contributed by atoms with E-state index in [0.29, 0.717) is 10.9 Å². The number of aromatic nitrogens is 1. The molecule has 2 rings (SSSR count). The van der Waals surface area contributed by atoms with E-state index in [2.05, 4.69) is 18.8 Å². The summed E-state index contributed by atoms with van der Waals surface area (Å²) in [4.78, 5) is 14.1. The number of aromatic carboxylic acids is 1. The Morgan fingerprint density at radius 3 is 2.62 bits per heavy atom. The molecule has 0 spiro atoms. The van der Waals surface area contributed by atoms with Gasteiger partial charge in [0.2, 0.25) is 0 Å². The topological polar surface area (TPSA) is 53.1 Å². The van der Waals surface area contributed by atoms with E-state index in [0.717, 1.165) is 16.6 Å². The number of rotatable bonds is 2. The second kappa shape index (κ2) is 3.83. The van der Waals surface area contributed by atoms with Crippen molar-refractivity contribution in [1.29, 1.82) is 0 Å². The van der Waals surface area contributed by atoms with Crippen LogP contribution in [-0.2, 0) is 0 Å². The van der Waals surface area contributed by atoms with Gasteiger partial charge >= 0.3 is 5.97 Å². The highest BCUT2D eigenvalue weighted by Crippen LogP contribution is 2.28. The number of halogens is 1. The molecule has 2 N–H and O–H groups in total. The van der Waals surface area contributed by atoms with Crippen molar-refractivity contribution in [2.45, 2.75) is 19.8 Å². The lowest BCUT2D eigenvalue weighted by Crippen LogP contribution is -1.95. The van der Waals surface area contributed by atoms with Gasteiger partial charge in [-0.25, -0.2) is 4.79 Å². The maximum absolute atomic E-state index is 10.9. The van der Waals surface area contributed by atoms with Crippen molar-refractivity contribution in [3.63, 3.8) is 0 Å². The van der Waals surface area contributed by atoms with Crippen LogP contribution in [0.4, 0.5) is 0 Å². The fourth-order valence-electron chi connectivity index (χ4n) is 1.66. The maximum Gasteiger partial charge on any atom is 0.335 e. The summed E-state index contributed by atoms with van der Waals surface area (Å²) in [7, 11) is 0. The SMILES string of the molecule is CC(C)c1cc2cc(C(=O)O)cc(Cl)c2[nH]1. The van der Waals surface area contributed by atoms with Crippen molar-refractivity contribution in [3.8, 4) is 0 Å². The zero-order valence-electron chi connectivity index (χ0n) is 9.04. The Balaban J connectivity index is 2.68. The highest BCUT2D eigenvalue weighted by atomic mass is 35.5. The third-order valence-corrected chi connectivity index (χ3v) is 2.87. The van der Waals surface area contributed by atoms with Crippen LogP contribution in [0.5, 0.6) is 0 Å². The van der Waals surface area contributed by atoms with Gasteiger partial charge in [-0.05, 0) is 24.1 Å². The van der Waals surface area contributed by atoms with E-state index in [9.17, 15) is 4.79 Å². The number of aromatic amines is 1. The fourth-order valence-corrected chi connectivity index (χ4v) is 1.93. The minimum absolute atomic E-state index is 0.215. The summed E-state index contributed by atoms with van der Waals surface area (Å²) < 4.78 is 0. The smallest absolute Gasteiger partial charge is 0.335 e. The van der Waals surface area contributed by atoms with Crippen LogP contribution in [0.3, 0.4) is 0 Å². The molecular weight excluding hydrogens is 226 g/mol. The van der Waals surface area contributed by atoms with Crippen LogP contribution in [-0.4, -0.2) is 16.1 Å². The number of nitrogens with one attached hydrogen (secondary N) is 1. The molecule has 0 fully saturated rings. The van der Waals surface area contributed by atoms with Gasteiger partial charge in [0.05, 0.1) is 16.1 Å². The highest BCUT2D eigenvalue weighted by Gasteiger charge is 2.11.